The van der Waals surface area contributed by atoms with Gasteiger partial charge in [-0.2, -0.15) is 0 Å². The van der Waals surface area contributed by atoms with Crippen molar-refractivity contribution in [1.82, 2.24) is 25.8 Å². The highest BCUT2D eigenvalue weighted by Gasteiger charge is 2.50. The molecule has 252 valence electrons. The van der Waals surface area contributed by atoms with Crippen LogP contribution in [0.15, 0.2) is 67.0 Å². The van der Waals surface area contributed by atoms with Crippen LogP contribution in [0.3, 0.4) is 0 Å². The van der Waals surface area contributed by atoms with Gasteiger partial charge in [-0.3, -0.25) is 24.2 Å². The molecule has 1 fully saturated rings. The first-order chi connectivity index (χ1) is 22.2. The van der Waals surface area contributed by atoms with E-state index in [1.165, 1.54) is 16.7 Å². The van der Waals surface area contributed by atoms with Crippen LogP contribution in [0.5, 0.6) is 5.75 Å². The summed E-state index contributed by atoms with van der Waals surface area (Å²) in [5.74, 6) is -1.38. The van der Waals surface area contributed by atoms with Gasteiger partial charge < -0.3 is 30.7 Å². The Kier molecular flexibility index (Phi) is 11.8. The Labute approximate surface area is 284 Å². The molecular weight excluding hydrogens is 639 g/mol. The molecule has 1 saturated heterocycles. The van der Waals surface area contributed by atoms with Crippen molar-refractivity contribution in [2.45, 2.75) is 74.9 Å². The van der Waals surface area contributed by atoms with Gasteiger partial charge in [0.05, 0.1) is 11.9 Å². The smallest absolute Gasteiger partial charge is 0.259 e. The summed E-state index contributed by atoms with van der Waals surface area (Å²) in [5.41, 5.74) is 0.262. The van der Waals surface area contributed by atoms with Crippen LogP contribution in [0.25, 0.3) is 10.8 Å². The lowest BCUT2D eigenvalue weighted by atomic mass is 9.96. The fourth-order valence-electron chi connectivity index (χ4n) is 5.34. The van der Waals surface area contributed by atoms with Gasteiger partial charge in [-0.05, 0) is 65.0 Å². The summed E-state index contributed by atoms with van der Waals surface area (Å²) < 4.78 is 5.15. The van der Waals surface area contributed by atoms with E-state index < -0.39 is 51.6 Å². The molecule has 13 heteroatoms. The Balaban J connectivity index is 1.47. The normalized spacial score (nSPS) is 17.8. The highest BCUT2D eigenvalue weighted by molar-refractivity contribution is 8.01. The Morgan fingerprint density at radius 2 is 1.81 bits per heavy atom. The first-order valence-corrected chi connectivity index (χ1v) is 17.5. The number of aliphatic hydroxyl groups excluding tert-OH is 1. The third kappa shape index (κ3) is 9.39. The Bertz CT molecular complexity index is 1580. The van der Waals surface area contributed by atoms with E-state index in [-0.39, 0.29) is 24.8 Å². The number of hydrogen-bond acceptors (Lipinski definition) is 9. The molecule has 1 aliphatic rings. The number of pyridine rings is 1. The lowest BCUT2D eigenvalue weighted by Crippen LogP contribution is -2.61. The van der Waals surface area contributed by atoms with E-state index in [9.17, 15) is 24.3 Å². The minimum atomic E-state index is -1.67. The summed E-state index contributed by atoms with van der Waals surface area (Å²) in [4.78, 5) is 59.2. The molecule has 4 N–H and O–H groups in total. The van der Waals surface area contributed by atoms with Gasteiger partial charge in [0.15, 0.2) is 18.1 Å². The van der Waals surface area contributed by atoms with Crippen LogP contribution in [0, 0.1) is 0 Å². The fraction of sp³-hybridized carbons (Fsp3) is 0.441. The lowest BCUT2D eigenvalue weighted by molar-refractivity contribution is -0.148. The number of thioether (sulfide) groups is 2. The molecule has 4 rings (SSSR count). The van der Waals surface area contributed by atoms with Crippen molar-refractivity contribution in [3.63, 3.8) is 0 Å². The molecule has 0 saturated carbocycles. The highest BCUT2D eigenvalue weighted by atomic mass is 32.2. The minimum Gasteiger partial charge on any atom is -0.483 e. The average Bonchev–Trinajstić information content (AvgIpc) is 3.35. The molecule has 4 atom stereocenters. The number of nitrogens with one attached hydrogen (secondary N) is 3. The van der Waals surface area contributed by atoms with Crippen LogP contribution in [-0.2, 0) is 25.6 Å². The quantitative estimate of drug-likeness (QED) is 0.212. The lowest BCUT2D eigenvalue weighted by Gasteiger charge is -2.35. The van der Waals surface area contributed by atoms with E-state index in [1.54, 1.807) is 36.8 Å². The van der Waals surface area contributed by atoms with Crippen molar-refractivity contribution in [2.24, 2.45) is 0 Å². The van der Waals surface area contributed by atoms with Gasteiger partial charge in [-0.25, -0.2) is 0 Å². The van der Waals surface area contributed by atoms with E-state index >= 15 is 0 Å². The van der Waals surface area contributed by atoms with E-state index in [4.69, 9.17) is 4.74 Å². The highest BCUT2D eigenvalue weighted by Crippen LogP contribution is 2.40. The number of carbonyl (C=O) groups excluding carboxylic acids is 4. The molecule has 1 aromatic heterocycles. The molecular formula is C34H43N5O6S2. The van der Waals surface area contributed by atoms with Gasteiger partial charge in [0, 0.05) is 33.5 Å². The second-order valence-corrected chi connectivity index (χ2v) is 15.4. The first-order valence-electron chi connectivity index (χ1n) is 15.3. The van der Waals surface area contributed by atoms with Crippen molar-refractivity contribution in [3.8, 4) is 5.75 Å². The van der Waals surface area contributed by atoms with Crippen molar-refractivity contribution < 1.29 is 29.0 Å². The summed E-state index contributed by atoms with van der Waals surface area (Å²) >= 11 is 2.54. The molecule has 0 bridgehead atoms. The molecule has 3 aromatic rings. The summed E-state index contributed by atoms with van der Waals surface area (Å²) in [7, 11) is 0. The Morgan fingerprint density at radius 1 is 1.09 bits per heavy atom. The maximum absolute atomic E-state index is 13.9. The average molecular weight is 682 g/mol. The van der Waals surface area contributed by atoms with Gasteiger partial charge in [-0.1, -0.05) is 42.5 Å². The maximum atomic E-state index is 13.9. The molecule has 4 amide bonds. The second-order valence-electron chi connectivity index (χ2n) is 12.9. The van der Waals surface area contributed by atoms with Crippen molar-refractivity contribution in [2.75, 3.05) is 18.7 Å². The van der Waals surface area contributed by atoms with Crippen LogP contribution in [-0.4, -0.2) is 91.2 Å². The van der Waals surface area contributed by atoms with Crippen molar-refractivity contribution >= 4 is 57.9 Å². The van der Waals surface area contributed by atoms with Gasteiger partial charge >= 0.3 is 0 Å². The predicted molar refractivity (Wildman–Crippen MR) is 186 cm³/mol. The predicted octanol–water partition coefficient (Wildman–Crippen LogP) is 3.10. The van der Waals surface area contributed by atoms with E-state index in [2.05, 4.69) is 20.9 Å². The second kappa shape index (κ2) is 15.4. The maximum Gasteiger partial charge on any atom is 0.259 e. The van der Waals surface area contributed by atoms with E-state index in [0.29, 0.717) is 5.75 Å². The SMILES string of the molecule is CS[C@H](NC(=O)COc1cccc2cnccc12)C(=O)N[C@@H](Cc1ccccc1)[C@H](O)C(=O)N1CSC(C)(C)[C@H]1C(=O)NC(C)(C)C. The molecule has 2 aromatic carbocycles. The number of amides is 4. The monoisotopic (exact) mass is 681 g/mol. The number of nitrogens with zero attached hydrogens (tertiary/aromatic N) is 2. The Hall–Kier alpha value is -3.81. The number of fused-ring (bicyclic) bond motifs is 1. The van der Waals surface area contributed by atoms with E-state index in [0.717, 1.165) is 28.1 Å². The van der Waals surface area contributed by atoms with Crippen molar-refractivity contribution in [1.29, 1.82) is 0 Å². The molecule has 47 heavy (non-hydrogen) atoms. The third-order valence-corrected chi connectivity index (χ3v) is 9.78. The molecule has 0 radical (unpaired) electrons. The molecule has 11 nitrogen and oxygen atoms in total. The zero-order valence-electron chi connectivity index (χ0n) is 27.5. The minimum absolute atomic E-state index is 0.136. The topological polar surface area (TPSA) is 150 Å². The summed E-state index contributed by atoms with van der Waals surface area (Å²) in [6.07, 6.45) is 3.47. The van der Waals surface area contributed by atoms with Gasteiger partial charge in [0.25, 0.3) is 17.7 Å². The fourth-order valence-corrected chi connectivity index (χ4v) is 7.01. The van der Waals surface area contributed by atoms with Gasteiger partial charge in [0.2, 0.25) is 5.91 Å². The Morgan fingerprint density at radius 3 is 2.49 bits per heavy atom. The molecule has 0 unspecified atom stereocenters. The van der Waals surface area contributed by atoms with Crippen LogP contribution in [0.2, 0.25) is 0 Å². The summed E-state index contributed by atoms with van der Waals surface area (Å²) in [6, 6.07) is 14.5. The first kappa shape index (κ1) is 36.0. The van der Waals surface area contributed by atoms with Crippen molar-refractivity contribution in [3.05, 3.63) is 72.6 Å². The van der Waals surface area contributed by atoms with Gasteiger partial charge in [0.1, 0.15) is 11.8 Å². The summed E-state index contributed by atoms with van der Waals surface area (Å²) in [6.45, 7) is 9.03. The zero-order chi connectivity index (χ0) is 34.4. The molecule has 0 spiro atoms. The number of benzene rings is 2. The number of rotatable bonds is 12. The van der Waals surface area contributed by atoms with Gasteiger partial charge in [-0.15, -0.1) is 23.5 Å². The third-order valence-electron chi connectivity index (χ3n) is 7.60. The largest absolute Gasteiger partial charge is 0.483 e. The number of aliphatic hydroxyl groups is 1. The zero-order valence-corrected chi connectivity index (χ0v) is 29.1. The van der Waals surface area contributed by atoms with Crippen LogP contribution in [0.1, 0.15) is 40.2 Å². The number of hydrogen-bond donors (Lipinski definition) is 4. The number of carbonyl (C=O) groups is 4. The molecule has 1 aliphatic heterocycles. The number of aromatic nitrogens is 1. The van der Waals surface area contributed by atoms with Crippen LogP contribution in [0.4, 0.5) is 0 Å². The summed E-state index contributed by atoms with van der Waals surface area (Å²) in [5, 5.41) is 20.6. The standard InChI is InChI=1S/C34H43N5O6S2/c1-33(2,3)38-29(42)28-34(4,5)47-20-39(28)32(44)27(41)24(17-21-11-8-7-9-12-21)36-30(43)31(46-6)37-26(40)19-45-25-14-10-13-22-18-35-16-15-23(22)25/h7-16,18,24,27-28,31,41H,17,19-20H2,1-6H3,(H,36,43)(H,37,40)(H,38,42)/t24-,27-,28+,31-/m0/s1. The van der Waals surface area contributed by atoms with E-state index in [1.807, 2.05) is 71.0 Å². The number of ether oxygens (including phenoxy) is 1. The molecule has 2 heterocycles. The van der Waals surface area contributed by atoms with Crippen LogP contribution >= 0.6 is 23.5 Å². The van der Waals surface area contributed by atoms with Crippen LogP contribution < -0.4 is 20.7 Å². The molecule has 0 aliphatic carbocycles.